The van der Waals surface area contributed by atoms with Crippen LogP contribution in [-0.2, 0) is 6.42 Å². The number of benzene rings is 2. The first-order valence-electron chi connectivity index (χ1n) is 6.44. The van der Waals surface area contributed by atoms with Crippen molar-refractivity contribution in [2.45, 2.75) is 26.7 Å². The van der Waals surface area contributed by atoms with E-state index >= 15 is 0 Å². The SMILES string of the molecule is C=Cc1ccc2c(CCC)c(C)c(OC)cc2c1. The number of rotatable bonds is 4. The van der Waals surface area contributed by atoms with Crippen LogP contribution in [0.4, 0.5) is 0 Å². The first-order chi connectivity index (χ1) is 8.71. The molecule has 1 heteroatoms. The second-order valence-electron chi connectivity index (χ2n) is 4.62. The molecule has 0 amide bonds. The Bertz CT molecular complexity index is 582. The smallest absolute Gasteiger partial charge is 0.122 e. The Balaban J connectivity index is 2.76. The maximum atomic E-state index is 5.49. The van der Waals surface area contributed by atoms with Gasteiger partial charge in [-0.25, -0.2) is 0 Å². The lowest BCUT2D eigenvalue weighted by Gasteiger charge is -2.14. The van der Waals surface area contributed by atoms with E-state index in [2.05, 4.69) is 44.7 Å². The fourth-order valence-corrected chi connectivity index (χ4v) is 2.49. The molecule has 2 aromatic rings. The van der Waals surface area contributed by atoms with Gasteiger partial charge in [0.05, 0.1) is 7.11 Å². The van der Waals surface area contributed by atoms with Gasteiger partial charge in [0.2, 0.25) is 0 Å². The molecule has 0 saturated heterocycles. The minimum atomic E-state index is 0.979. The van der Waals surface area contributed by atoms with Crippen molar-refractivity contribution in [2.24, 2.45) is 0 Å². The topological polar surface area (TPSA) is 9.23 Å². The molecule has 0 spiro atoms. The maximum Gasteiger partial charge on any atom is 0.122 e. The Kier molecular flexibility index (Phi) is 3.71. The molecule has 0 bridgehead atoms. The van der Waals surface area contributed by atoms with E-state index in [4.69, 9.17) is 4.74 Å². The molecule has 94 valence electrons. The molecule has 0 heterocycles. The fourth-order valence-electron chi connectivity index (χ4n) is 2.49. The lowest BCUT2D eigenvalue weighted by atomic mass is 9.94. The van der Waals surface area contributed by atoms with Crippen molar-refractivity contribution in [3.05, 3.63) is 47.5 Å². The summed E-state index contributed by atoms with van der Waals surface area (Å²) in [6.45, 7) is 8.18. The second kappa shape index (κ2) is 5.26. The van der Waals surface area contributed by atoms with Crippen LogP contribution in [-0.4, -0.2) is 7.11 Å². The van der Waals surface area contributed by atoms with Crippen LogP contribution in [0.5, 0.6) is 5.75 Å². The number of methoxy groups -OCH3 is 1. The molecule has 0 saturated carbocycles. The molecule has 0 N–H and O–H groups in total. The largest absolute Gasteiger partial charge is 0.496 e. The van der Waals surface area contributed by atoms with Gasteiger partial charge < -0.3 is 4.74 Å². The van der Waals surface area contributed by atoms with E-state index in [1.54, 1.807) is 7.11 Å². The Morgan fingerprint density at radius 2 is 2.06 bits per heavy atom. The number of aryl methyl sites for hydroxylation is 1. The monoisotopic (exact) mass is 240 g/mol. The van der Waals surface area contributed by atoms with Gasteiger partial charge in [-0.2, -0.15) is 0 Å². The van der Waals surface area contributed by atoms with Crippen molar-refractivity contribution in [3.8, 4) is 5.75 Å². The highest BCUT2D eigenvalue weighted by molar-refractivity contribution is 5.90. The van der Waals surface area contributed by atoms with Crippen LogP contribution < -0.4 is 4.74 Å². The van der Waals surface area contributed by atoms with Crippen LogP contribution in [0, 0.1) is 6.92 Å². The molecule has 0 aliphatic heterocycles. The summed E-state index contributed by atoms with van der Waals surface area (Å²) in [6.07, 6.45) is 4.12. The number of hydrogen-bond acceptors (Lipinski definition) is 1. The average molecular weight is 240 g/mol. The van der Waals surface area contributed by atoms with Crippen LogP contribution in [0.1, 0.15) is 30.0 Å². The van der Waals surface area contributed by atoms with Gasteiger partial charge in [0.25, 0.3) is 0 Å². The summed E-state index contributed by atoms with van der Waals surface area (Å²) in [5, 5.41) is 2.57. The van der Waals surface area contributed by atoms with Crippen molar-refractivity contribution in [1.29, 1.82) is 0 Å². The molecular weight excluding hydrogens is 220 g/mol. The van der Waals surface area contributed by atoms with Gasteiger partial charge in [-0.3, -0.25) is 0 Å². The van der Waals surface area contributed by atoms with Crippen molar-refractivity contribution >= 4 is 16.8 Å². The van der Waals surface area contributed by atoms with Crippen molar-refractivity contribution in [1.82, 2.24) is 0 Å². The molecule has 0 aliphatic carbocycles. The zero-order valence-electron chi connectivity index (χ0n) is 11.4. The highest BCUT2D eigenvalue weighted by Gasteiger charge is 2.10. The second-order valence-corrected chi connectivity index (χ2v) is 4.62. The highest BCUT2D eigenvalue weighted by Crippen LogP contribution is 2.32. The third-order valence-corrected chi connectivity index (χ3v) is 3.47. The average Bonchev–Trinajstić information content (AvgIpc) is 2.41. The molecule has 18 heavy (non-hydrogen) atoms. The first-order valence-corrected chi connectivity index (χ1v) is 6.44. The minimum absolute atomic E-state index is 0.979. The van der Waals surface area contributed by atoms with Crippen molar-refractivity contribution in [3.63, 3.8) is 0 Å². The molecular formula is C17H20O. The van der Waals surface area contributed by atoms with Gasteiger partial charge in [0.15, 0.2) is 0 Å². The van der Waals surface area contributed by atoms with Crippen LogP contribution >= 0.6 is 0 Å². The van der Waals surface area contributed by atoms with Crippen LogP contribution in [0.15, 0.2) is 30.8 Å². The molecule has 1 nitrogen and oxygen atoms in total. The minimum Gasteiger partial charge on any atom is -0.496 e. The predicted octanol–water partition coefficient (Wildman–Crippen LogP) is 4.75. The van der Waals surface area contributed by atoms with Gasteiger partial charge >= 0.3 is 0 Å². The summed E-state index contributed by atoms with van der Waals surface area (Å²) in [6, 6.07) is 8.62. The van der Waals surface area contributed by atoms with Crippen LogP contribution in [0.3, 0.4) is 0 Å². The molecule has 0 fully saturated rings. The van der Waals surface area contributed by atoms with E-state index < -0.39 is 0 Å². The number of ether oxygens (including phenoxy) is 1. The lowest BCUT2D eigenvalue weighted by Crippen LogP contribution is -1.96. The van der Waals surface area contributed by atoms with Gasteiger partial charge in [-0.1, -0.05) is 38.1 Å². The molecule has 0 unspecified atom stereocenters. The van der Waals surface area contributed by atoms with Gasteiger partial charge in [-0.15, -0.1) is 0 Å². The summed E-state index contributed by atoms with van der Waals surface area (Å²) in [4.78, 5) is 0. The quantitative estimate of drug-likeness (QED) is 0.749. The number of hydrogen-bond donors (Lipinski definition) is 0. The summed E-state index contributed by atoms with van der Waals surface area (Å²) in [5.41, 5.74) is 3.82. The Morgan fingerprint density at radius 1 is 1.28 bits per heavy atom. The molecule has 0 aliphatic rings. The molecule has 2 rings (SSSR count). The van der Waals surface area contributed by atoms with E-state index in [-0.39, 0.29) is 0 Å². The molecule has 0 atom stereocenters. The Hall–Kier alpha value is -1.76. The van der Waals surface area contributed by atoms with Gasteiger partial charge in [-0.05, 0) is 52.9 Å². The van der Waals surface area contributed by atoms with Crippen LogP contribution in [0.2, 0.25) is 0 Å². The van der Waals surface area contributed by atoms with Gasteiger partial charge in [0.1, 0.15) is 5.75 Å². The Labute approximate surface area is 109 Å². The van der Waals surface area contributed by atoms with Crippen molar-refractivity contribution < 1.29 is 4.74 Å². The molecule has 0 aromatic heterocycles. The summed E-state index contributed by atoms with van der Waals surface area (Å²) >= 11 is 0. The first kappa shape index (κ1) is 12.7. The standard InChI is InChI=1S/C17H20O/c1-5-7-15-12(3)17(18-4)11-14-10-13(6-2)8-9-16(14)15/h6,8-11H,2,5,7H2,1,3-4H3. The van der Waals surface area contributed by atoms with Crippen LogP contribution in [0.25, 0.3) is 16.8 Å². The van der Waals surface area contributed by atoms with E-state index in [1.807, 2.05) is 6.08 Å². The number of fused-ring (bicyclic) bond motifs is 1. The third-order valence-electron chi connectivity index (χ3n) is 3.47. The third kappa shape index (κ3) is 2.13. The van der Waals surface area contributed by atoms with E-state index in [0.717, 1.165) is 24.2 Å². The van der Waals surface area contributed by atoms with Crippen molar-refractivity contribution in [2.75, 3.05) is 7.11 Å². The highest BCUT2D eigenvalue weighted by atomic mass is 16.5. The lowest BCUT2D eigenvalue weighted by molar-refractivity contribution is 0.411. The summed E-state index contributed by atoms with van der Waals surface area (Å²) < 4.78 is 5.49. The fraction of sp³-hybridized carbons (Fsp3) is 0.294. The van der Waals surface area contributed by atoms with E-state index in [1.165, 1.54) is 21.9 Å². The Morgan fingerprint density at radius 3 is 2.67 bits per heavy atom. The van der Waals surface area contributed by atoms with E-state index in [9.17, 15) is 0 Å². The zero-order valence-corrected chi connectivity index (χ0v) is 11.4. The van der Waals surface area contributed by atoms with E-state index in [0.29, 0.717) is 0 Å². The van der Waals surface area contributed by atoms with Gasteiger partial charge in [0, 0.05) is 0 Å². The summed E-state index contributed by atoms with van der Waals surface area (Å²) in [7, 11) is 1.74. The maximum absolute atomic E-state index is 5.49. The zero-order chi connectivity index (χ0) is 13.1. The predicted molar refractivity (Wildman–Crippen MR) is 79.3 cm³/mol. The molecule has 0 radical (unpaired) electrons. The normalized spacial score (nSPS) is 10.6. The molecule has 2 aromatic carbocycles. The summed E-state index contributed by atoms with van der Waals surface area (Å²) in [5.74, 6) is 0.979.